The predicted octanol–water partition coefficient (Wildman–Crippen LogP) is 3.06. The maximum atomic E-state index is 14.9. The maximum Gasteiger partial charge on any atom is 0.336 e. The summed E-state index contributed by atoms with van der Waals surface area (Å²) < 4.78 is 33.2. The number of hydrogen-bond acceptors (Lipinski definition) is 5. The summed E-state index contributed by atoms with van der Waals surface area (Å²) in [5.41, 5.74) is -0.149. The van der Waals surface area contributed by atoms with Gasteiger partial charge in [-0.25, -0.2) is 13.4 Å². The Morgan fingerprint density at radius 2 is 1.84 bits per heavy atom. The van der Waals surface area contributed by atoms with Gasteiger partial charge in [0.15, 0.2) is 0 Å². The zero-order valence-corrected chi connectivity index (χ0v) is 21.7. The van der Waals surface area contributed by atoms with Crippen molar-refractivity contribution >= 4 is 39.1 Å². The number of aryl methyl sites for hydroxylation is 1. The zero-order valence-electron chi connectivity index (χ0n) is 20.9. The van der Waals surface area contributed by atoms with E-state index >= 15 is 0 Å². The molecule has 0 radical (unpaired) electrons. The summed E-state index contributed by atoms with van der Waals surface area (Å²) in [6.45, 7) is 1.54. The van der Waals surface area contributed by atoms with E-state index in [4.69, 9.17) is 6.42 Å². The first-order valence-electron chi connectivity index (χ1n) is 11.8. The van der Waals surface area contributed by atoms with E-state index in [1.165, 1.54) is 52.1 Å². The van der Waals surface area contributed by atoms with Gasteiger partial charge in [0.2, 0.25) is 0 Å². The molecule has 0 spiro atoms. The van der Waals surface area contributed by atoms with E-state index in [1.54, 1.807) is 24.3 Å². The number of halogens is 1. The smallest absolute Gasteiger partial charge is 0.336 e. The van der Waals surface area contributed by atoms with Crippen LogP contribution in [-0.2, 0) is 18.0 Å². The topological polar surface area (TPSA) is 107 Å². The first-order valence-corrected chi connectivity index (χ1v) is 13.3. The van der Waals surface area contributed by atoms with Crippen LogP contribution in [0.25, 0.3) is 16.6 Å². The molecule has 1 unspecified atom stereocenters. The van der Waals surface area contributed by atoms with Crippen molar-refractivity contribution in [2.24, 2.45) is 7.05 Å². The average Bonchev–Trinajstić information content (AvgIpc) is 3.71. The van der Waals surface area contributed by atoms with Crippen LogP contribution in [0, 0.1) is 25.1 Å². The number of fused-ring (bicyclic) bond motifs is 1. The summed E-state index contributed by atoms with van der Waals surface area (Å²) in [4.78, 5) is 41.0. The van der Waals surface area contributed by atoms with Crippen molar-refractivity contribution in [3.63, 3.8) is 0 Å². The molecule has 11 heteroatoms. The van der Waals surface area contributed by atoms with Crippen molar-refractivity contribution in [3.8, 4) is 18.0 Å². The minimum Gasteiger partial charge on any atom is -0.338 e. The van der Waals surface area contributed by atoms with Crippen LogP contribution in [0.4, 0.5) is 21.6 Å². The van der Waals surface area contributed by atoms with Crippen LogP contribution in [0.3, 0.4) is 0 Å². The third kappa shape index (κ3) is 4.22. The molecule has 1 fully saturated rings. The largest absolute Gasteiger partial charge is 0.338 e. The number of pyridine rings is 1. The third-order valence-corrected chi connectivity index (χ3v) is 7.03. The van der Waals surface area contributed by atoms with Crippen molar-refractivity contribution in [1.29, 1.82) is 0 Å². The van der Waals surface area contributed by atoms with Crippen molar-refractivity contribution in [2.75, 3.05) is 16.3 Å². The van der Waals surface area contributed by atoms with Crippen molar-refractivity contribution in [3.05, 3.63) is 90.6 Å². The monoisotopic (exact) mass is 533 g/mol. The van der Waals surface area contributed by atoms with E-state index in [0.29, 0.717) is 29.8 Å². The minimum atomic E-state index is -1.37. The van der Waals surface area contributed by atoms with Gasteiger partial charge < -0.3 is 10.0 Å². The van der Waals surface area contributed by atoms with E-state index in [1.807, 2.05) is 0 Å². The summed E-state index contributed by atoms with van der Waals surface area (Å²) in [6, 6.07) is 10.5. The van der Waals surface area contributed by atoms with E-state index in [9.17, 15) is 23.0 Å². The number of hydrogen-bond donors (Lipinski definition) is 2. The molecule has 194 valence electrons. The fraction of sp³-hybridized carbons (Fsp3) is 0.222. The molecule has 5 rings (SSSR count). The number of nitrogens with one attached hydrogen (secondary N) is 2. The summed E-state index contributed by atoms with van der Waals surface area (Å²) in [6.07, 6.45) is 8.16. The summed E-state index contributed by atoms with van der Waals surface area (Å²) in [5, 5.41) is 2.97. The van der Waals surface area contributed by atoms with Gasteiger partial charge in [0.05, 0.1) is 16.9 Å². The lowest BCUT2D eigenvalue weighted by Crippen LogP contribution is -2.41. The molecule has 1 aliphatic carbocycles. The average molecular weight is 534 g/mol. The molecule has 1 saturated carbocycles. The second-order valence-corrected chi connectivity index (χ2v) is 10.3. The fourth-order valence-electron chi connectivity index (χ4n) is 4.56. The van der Waals surface area contributed by atoms with Crippen molar-refractivity contribution in [2.45, 2.75) is 25.8 Å². The van der Waals surface area contributed by atoms with E-state index in [2.05, 4.69) is 16.0 Å². The predicted molar refractivity (Wildman–Crippen MR) is 147 cm³/mol. The van der Waals surface area contributed by atoms with Gasteiger partial charge in [0.25, 0.3) is 11.1 Å². The molecular weight excluding hydrogens is 509 g/mol. The number of terminal acetylenes is 1. The Kier molecular flexibility index (Phi) is 6.28. The van der Waals surface area contributed by atoms with E-state index < -0.39 is 33.6 Å². The normalized spacial score (nSPS) is 13.8. The molecular formula is C27H24FN5O4S. The number of aromatic nitrogens is 3. The molecule has 0 amide bonds. The van der Waals surface area contributed by atoms with Crippen LogP contribution < -0.4 is 26.8 Å². The van der Waals surface area contributed by atoms with Crippen LogP contribution in [0.5, 0.6) is 0 Å². The number of benzene rings is 2. The molecule has 9 nitrogen and oxygen atoms in total. The fourth-order valence-corrected chi connectivity index (χ4v) is 5.02. The number of rotatable bonds is 6. The summed E-state index contributed by atoms with van der Waals surface area (Å²) in [5.74, 6) is 1.74. The van der Waals surface area contributed by atoms with Gasteiger partial charge in [0, 0.05) is 36.2 Å². The highest BCUT2D eigenvalue weighted by Crippen LogP contribution is 2.34. The lowest BCUT2D eigenvalue weighted by atomic mass is 10.1. The Morgan fingerprint density at radius 1 is 1.11 bits per heavy atom. The SMILES string of the molecule is C#Cc1ccc(Nc2c3c(=O)n(C4CC4)c(=O)n(-c4cccc(NS(C)=O)c4)c3c(C)c(=O)n2C)c(F)c1. The molecule has 4 aromatic rings. The highest BCUT2D eigenvalue weighted by Gasteiger charge is 2.31. The Bertz CT molecular complexity index is 1880. The van der Waals surface area contributed by atoms with Gasteiger partial charge in [-0.1, -0.05) is 12.0 Å². The second-order valence-electron chi connectivity index (χ2n) is 9.16. The van der Waals surface area contributed by atoms with Crippen LogP contribution in [0.15, 0.2) is 56.8 Å². The quantitative estimate of drug-likeness (QED) is 0.371. The third-order valence-electron chi connectivity index (χ3n) is 6.51. The Labute approximate surface area is 219 Å². The van der Waals surface area contributed by atoms with Crippen LogP contribution >= 0.6 is 0 Å². The second kappa shape index (κ2) is 9.46. The van der Waals surface area contributed by atoms with Gasteiger partial charge in [-0.2, -0.15) is 0 Å². The first-order chi connectivity index (χ1) is 18.1. The molecule has 2 heterocycles. The lowest BCUT2D eigenvalue weighted by molar-refractivity contribution is 0.630. The van der Waals surface area contributed by atoms with Crippen LogP contribution in [0.2, 0.25) is 0 Å². The molecule has 0 bridgehead atoms. The van der Waals surface area contributed by atoms with Gasteiger partial charge in [-0.15, -0.1) is 6.42 Å². The number of nitrogens with zero attached hydrogens (tertiary/aromatic N) is 3. The van der Waals surface area contributed by atoms with Gasteiger partial charge >= 0.3 is 5.69 Å². The molecule has 2 N–H and O–H groups in total. The van der Waals surface area contributed by atoms with Crippen LogP contribution in [-0.4, -0.2) is 24.2 Å². The molecule has 0 saturated heterocycles. The summed E-state index contributed by atoms with van der Waals surface area (Å²) in [7, 11) is 0.109. The van der Waals surface area contributed by atoms with Crippen LogP contribution in [0.1, 0.15) is 30.0 Å². The number of anilines is 3. The van der Waals surface area contributed by atoms with E-state index in [-0.39, 0.29) is 34.0 Å². The Hall–Kier alpha value is -4.43. The highest BCUT2D eigenvalue weighted by atomic mass is 32.2. The van der Waals surface area contributed by atoms with Gasteiger partial charge in [-0.3, -0.25) is 23.3 Å². The zero-order chi connectivity index (χ0) is 27.3. The molecule has 2 aromatic heterocycles. The molecule has 38 heavy (non-hydrogen) atoms. The standard InChI is InChI=1S/C27H24FN5O4S/c1-5-16-9-12-21(20(28)13-16)29-24-22-23(15(2)25(34)31(24)3)32(27(36)33(26(22)35)18-10-11-18)19-8-6-7-17(14-19)30-38(4)37/h1,6-9,12-14,18,29-30H,10-11H2,2-4H3. The van der Waals surface area contributed by atoms with E-state index in [0.717, 1.165) is 0 Å². The van der Waals surface area contributed by atoms with Crippen molar-refractivity contribution < 1.29 is 8.60 Å². The highest BCUT2D eigenvalue weighted by molar-refractivity contribution is 7.85. The first kappa shape index (κ1) is 25.2. The molecule has 1 aliphatic rings. The van der Waals surface area contributed by atoms with Crippen molar-refractivity contribution in [1.82, 2.24) is 13.7 Å². The maximum absolute atomic E-state index is 14.9. The summed E-state index contributed by atoms with van der Waals surface area (Å²) >= 11 is 0. The molecule has 1 atom stereocenters. The van der Waals surface area contributed by atoms with Gasteiger partial charge in [0.1, 0.15) is 28.0 Å². The minimum absolute atomic E-state index is 0.0101. The Morgan fingerprint density at radius 3 is 2.47 bits per heavy atom. The lowest BCUT2D eigenvalue weighted by Gasteiger charge is -2.21. The molecule has 0 aliphatic heterocycles. The molecule has 2 aromatic carbocycles. The van der Waals surface area contributed by atoms with Gasteiger partial charge in [-0.05, 0) is 56.2 Å². The Balaban J connectivity index is 1.89.